The van der Waals surface area contributed by atoms with Crippen LogP contribution in [0.2, 0.25) is 0 Å². The van der Waals surface area contributed by atoms with E-state index in [1.807, 2.05) is 6.07 Å². The number of benzene rings is 1. The van der Waals surface area contributed by atoms with E-state index in [1.165, 1.54) is 5.56 Å². The molecule has 2 atom stereocenters. The largest absolute Gasteiger partial charge is 0.393 e. The quantitative estimate of drug-likeness (QED) is 0.777. The summed E-state index contributed by atoms with van der Waals surface area (Å²) in [5, 5.41) is 13.6. The zero-order valence-electron chi connectivity index (χ0n) is 12.1. The SMILES string of the molecule is CC(C)[C@@H](O)C[C@@H](NCc1ccccc1)C(C)C. The molecule has 0 bridgehead atoms. The maximum Gasteiger partial charge on any atom is 0.0578 e. The van der Waals surface area contributed by atoms with E-state index in [4.69, 9.17) is 0 Å². The second kappa shape index (κ2) is 7.55. The molecule has 0 saturated carbocycles. The molecule has 1 rings (SSSR count). The van der Waals surface area contributed by atoms with Gasteiger partial charge in [0.1, 0.15) is 0 Å². The van der Waals surface area contributed by atoms with Gasteiger partial charge in [0, 0.05) is 12.6 Å². The van der Waals surface area contributed by atoms with Gasteiger partial charge in [0.05, 0.1) is 6.10 Å². The summed E-state index contributed by atoms with van der Waals surface area (Å²) in [5.41, 5.74) is 1.29. The average Bonchev–Trinajstić information content (AvgIpc) is 2.34. The molecule has 0 aliphatic carbocycles. The zero-order valence-corrected chi connectivity index (χ0v) is 12.1. The van der Waals surface area contributed by atoms with E-state index in [2.05, 4.69) is 57.3 Å². The molecule has 102 valence electrons. The molecule has 0 saturated heterocycles. The maximum atomic E-state index is 10.0. The summed E-state index contributed by atoms with van der Waals surface area (Å²) in [5.74, 6) is 0.854. The minimum absolute atomic E-state index is 0.222. The second-order valence-electron chi connectivity index (χ2n) is 5.76. The highest BCUT2D eigenvalue weighted by Crippen LogP contribution is 2.14. The Morgan fingerprint density at radius 3 is 2.11 bits per heavy atom. The van der Waals surface area contributed by atoms with Crippen LogP contribution in [0.1, 0.15) is 39.7 Å². The highest BCUT2D eigenvalue weighted by atomic mass is 16.3. The summed E-state index contributed by atoms with van der Waals surface area (Å²) in [6.07, 6.45) is 0.600. The van der Waals surface area contributed by atoms with Gasteiger partial charge in [-0.15, -0.1) is 0 Å². The van der Waals surface area contributed by atoms with E-state index >= 15 is 0 Å². The molecule has 2 nitrogen and oxygen atoms in total. The van der Waals surface area contributed by atoms with Crippen LogP contribution in [0.15, 0.2) is 30.3 Å². The molecule has 0 fully saturated rings. The lowest BCUT2D eigenvalue weighted by Gasteiger charge is -2.26. The van der Waals surface area contributed by atoms with Crippen LogP contribution in [0.25, 0.3) is 0 Å². The third kappa shape index (κ3) is 5.19. The van der Waals surface area contributed by atoms with Crippen molar-refractivity contribution in [2.75, 3.05) is 0 Å². The molecule has 0 amide bonds. The monoisotopic (exact) mass is 249 g/mol. The minimum atomic E-state index is -0.222. The zero-order chi connectivity index (χ0) is 13.5. The average molecular weight is 249 g/mol. The third-order valence-corrected chi connectivity index (χ3v) is 3.48. The lowest BCUT2D eigenvalue weighted by Crippen LogP contribution is -2.37. The number of hydrogen-bond acceptors (Lipinski definition) is 2. The number of hydrogen-bond donors (Lipinski definition) is 2. The van der Waals surface area contributed by atoms with Gasteiger partial charge >= 0.3 is 0 Å². The Hall–Kier alpha value is -0.860. The van der Waals surface area contributed by atoms with Crippen LogP contribution >= 0.6 is 0 Å². The van der Waals surface area contributed by atoms with Gasteiger partial charge in [-0.25, -0.2) is 0 Å². The Morgan fingerprint density at radius 2 is 1.61 bits per heavy atom. The van der Waals surface area contributed by atoms with Gasteiger partial charge in [-0.2, -0.15) is 0 Å². The lowest BCUT2D eigenvalue weighted by atomic mass is 9.93. The van der Waals surface area contributed by atoms with Crippen molar-refractivity contribution >= 4 is 0 Å². The van der Waals surface area contributed by atoms with Crippen LogP contribution in [0, 0.1) is 11.8 Å². The van der Waals surface area contributed by atoms with Gasteiger partial charge in [-0.3, -0.25) is 0 Å². The van der Waals surface area contributed by atoms with Crippen molar-refractivity contribution in [1.82, 2.24) is 5.32 Å². The fourth-order valence-corrected chi connectivity index (χ4v) is 1.97. The molecule has 0 aliphatic heterocycles. The molecular formula is C16H27NO. The molecule has 2 N–H and O–H groups in total. The topological polar surface area (TPSA) is 32.3 Å². The van der Waals surface area contributed by atoms with E-state index in [0.29, 0.717) is 17.9 Å². The van der Waals surface area contributed by atoms with E-state index in [-0.39, 0.29) is 6.10 Å². The molecule has 0 unspecified atom stereocenters. The summed E-state index contributed by atoms with van der Waals surface area (Å²) in [6, 6.07) is 10.8. The van der Waals surface area contributed by atoms with Crippen LogP contribution in [-0.2, 0) is 6.54 Å². The Kier molecular flexibility index (Phi) is 6.37. The molecule has 0 heterocycles. The number of rotatable bonds is 7. The second-order valence-corrected chi connectivity index (χ2v) is 5.76. The minimum Gasteiger partial charge on any atom is -0.393 e. The van der Waals surface area contributed by atoms with Crippen molar-refractivity contribution in [2.24, 2.45) is 11.8 Å². The Bertz CT molecular complexity index is 321. The van der Waals surface area contributed by atoms with Crippen LogP contribution in [0.4, 0.5) is 0 Å². The molecule has 0 aliphatic rings. The van der Waals surface area contributed by atoms with Gasteiger partial charge < -0.3 is 10.4 Å². The van der Waals surface area contributed by atoms with Gasteiger partial charge in [0.2, 0.25) is 0 Å². The fraction of sp³-hybridized carbons (Fsp3) is 0.625. The summed E-state index contributed by atoms with van der Waals surface area (Å²) in [7, 11) is 0. The Labute approximate surface area is 111 Å². The van der Waals surface area contributed by atoms with E-state index < -0.39 is 0 Å². The molecule has 0 aromatic heterocycles. The number of nitrogens with one attached hydrogen (secondary N) is 1. The smallest absolute Gasteiger partial charge is 0.0578 e. The van der Waals surface area contributed by atoms with E-state index in [9.17, 15) is 5.11 Å². The van der Waals surface area contributed by atoms with Crippen LogP contribution < -0.4 is 5.32 Å². The standard InChI is InChI=1S/C16H27NO/c1-12(2)15(10-16(18)13(3)4)17-11-14-8-6-5-7-9-14/h5-9,12-13,15-18H,10-11H2,1-4H3/t15-,16+/m1/s1. The Morgan fingerprint density at radius 1 is 1.00 bits per heavy atom. The fourth-order valence-electron chi connectivity index (χ4n) is 1.97. The van der Waals surface area contributed by atoms with Crippen LogP contribution in [0.5, 0.6) is 0 Å². The summed E-state index contributed by atoms with van der Waals surface area (Å²) in [6.45, 7) is 9.42. The first-order chi connectivity index (χ1) is 8.50. The van der Waals surface area contributed by atoms with Crippen molar-refractivity contribution in [3.05, 3.63) is 35.9 Å². The lowest BCUT2D eigenvalue weighted by molar-refractivity contribution is 0.0958. The van der Waals surface area contributed by atoms with Crippen molar-refractivity contribution in [3.63, 3.8) is 0 Å². The predicted octanol–water partition coefficient (Wildman–Crippen LogP) is 3.21. The van der Waals surface area contributed by atoms with E-state index in [0.717, 1.165) is 13.0 Å². The molecular weight excluding hydrogens is 222 g/mol. The summed E-state index contributed by atoms with van der Waals surface area (Å²) >= 11 is 0. The van der Waals surface area contributed by atoms with Crippen molar-refractivity contribution in [3.8, 4) is 0 Å². The predicted molar refractivity (Wildman–Crippen MR) is 77.4 cm³/mol. The van der Waals surface area contributed by atoms with Crippen LogP contribution in [0.3, 0.4) is 0 Å². The molecule has 1 aromatic carbocycles. The van der Waals surface area contributed by atoms with Gasteiger partial charge in [0.25, 0.3) is 0 Å². The highest BCUT2D eigenvalue weighted by Gasteiger charge is 2.19. The first-order valence-corrected chi connectivity index (χ1v) is 6.96. The first-order valence-electron chi connectivity index (χ1n) is 6.96. The molecule has 2 heteroatoms. The third-order valence-electron chi connectivity index (χ3n) is 3.48. The summed E-state index contributed by atoms with van der Waals surface area (Å²) < 4.78 is 0. The molecule has 0 spiro atoms. The first kappa shape index (κ1) is 15.2. The molecule has 18 heavy (non-hydrogen) atoms. The summed E-state index contributed by atoms with van der Waals surface area (Å²) in [4.78, 5) is 0. The molecule has 1 aromatic rings. The highest BCUT2D eigenvalue weighted by molar-refractivity contribution is 5.14. The van der Waals surface area contributed by atoms with Gasteiger partial charge in [-0.05, 0) is 23.8 Å². The van der Waals surface area contributed by atoms with Crippen LogP contribution in [-0.4, -0.2) is 17.3 Å². The molecule has 0 radical (unpaired) electrons. The van der Waals surface area contributed by atoms with Crippen molar-refractivity contribution in [1.29, 1.82) is 0 Å². The Balaban J connectivity index is 2.48. The van der Waals surface area contributed by atoms with E-state index in [1.54, 1.807) is 0 Å². The normalized spacial score (nSPS) is 15.1. The number of aliphatic hydroxyl groups excluding tert-OH is 1. The maximum absolute atomic E-state index is 10.0. The van der Waals surface area contributed by atoms with Gasteiger partial charge in [-0.1, -0.05) is 58.0 Å². The van der Waals surface area contributed by atoms with Crippen molar-refractivity contribution < 1.29 is 5.11 Å². The van der Waals surface area contributed by atoms with Crippen molar-refractivity contribution in [2.45, 2.75) is 52.8 Å². The number of aliphatic hydroxyl groups is 1. The van der Waals surface area contributed by atoms with Gasteiger partial charge in [0.15, 0.2) is 0 Å².